The first kappa shape index (κ1) is 13.4. The van der Waals surface area contributed by atoms with Crippen LogP contribution in [0.25, 0.3) is 0 Å². The fraction of sp³-hybridized carbons (Fsp3) is 0.273. The molecule has 0 aliphatic heterocycles. The zero-order valence-electron chi connectivity index (χ0n) is 9.43. The summed E-state index contributed by atoms with van der Waals surface area (Å²) in [6.07, 6.45) is 0. The first-order valence-electron chi connectivity index (χ1n) is 4.88. The van der Waals surface area contributed by atoms with Gasteiger partial charge in [0.25, 0.3) is 0 Å². The third-order valence-electron chi connectivity index (χ3n) is 2.07. The van der Waals surface area contributed by atoms with Crippen LogP contribution >= 0.6 is 11.8 Å². The van der Waals surface area contributed by atoms with E-state index in [2.05, 4.69) is 4.74 Å². The maximum absolute atomic E-state index is 11.5. The van der Waals surface area contributed by atoms with E-state index in [1.807, 2.05) is 0 Å². The van der Waals surface area contributed by atoms with Crippen molar-refractivity contribution in [1.82, 2.24) is 0 Å². The molecule has 0 saturated heterocycles. The summed E-state index contributed by atoms with van der Waals surface area (Å²) in [7, 11) is 1.30. The van der Waals surface area contributed by atoms with Gasteiger partial charge in [0.15, 0.2) is 0 Å². The highest BCUT2D eigenvalue weighted by molar-refractivity contribution is 7.99. The second-order valence-corrected chi connectivity index (χ2v) is 4.32. The molecule has 0 saturated carbocycles. The maximum atomic E-state index is 11.5. The molecule has 0 spiro atoms. The Morgan fingerprint density at radius 3 is 2.71 bits per heavy atom. The summed E-state index contributed by atoms with van der Waals surface area (Å²) in [5.74, 6) is -0.176. The fourth-order valence-corrected chi connectivity index (χ4v) is 2.12. The van der Waals surface area contributed by atoms with E-state index in [0.717, 1.165) is 5.56 Å². The lowest BCUT2D eigenvalue weighted by molar-refractivity contribution is -0.115. The third kappa shape index (κ3) is 3.67. The molecule has 0 heterocycles. The predicted octanol–water partition coefficient (Wildman–Crippen LogP) is 0.774. The zero-order valence-corrected chi connectivity index (χ0v) is 10.3. The molecule has 0 aliphatic rings. The average Bonchev–Trinajstić information content (AvgIpc) is 2.28. The molecular weight excluding hydrogens is 240 g/mol. The van der Waals surface area contributed by atoms with Gasteiger partial charge in [0.1, 0.15) is 0 Å². The number of thioether (sulfide) groups is 1. The van der Waals surface area contributed by atoms with Gasteiger partial charge < -0.3 is 16.2 Å². The molecule has 1 aromatic carbocycles. The number of ether oxygens (including phenoxy) is 1. The van der Waals surface area contributed by atoms with E-state index in [4.69, 9.17) is 11.5 Å². The van der Waals surface area contributed by atoms with Crippen molar-refractivity contribution in [3.05, 3.63) is 29.3 Å². The van der Waals surface area contributed by atoms with Gasteiger partial charge in [-0.1, -0.05) is 12.1 Å². The standard InChI is InChI=1S/C11H14N2O3S/c1-16-11(15)10-7(3-2-4-8(10)12)5-17-6-9(13)14/h2-4H,5-6,12H2,1H3,(H2,13,14). The molecule has 17 heavy (non-hydrogen) atoms. The number of amides is 1. The SMILES string of the molecule is COC(=O)c1c(N)cccc1CSCC(N)=O. The Hall–Kier alpha value is -1.69. The monoisotopic (exact) mass is 254 g/mol. The van der Waals surface area contributed by atoms with Gasteiger partial charge in [0.05, 0.1) is 18.4 Å². The topological polar surface area (TPSA) is 95.4 Å². The van der Waals surface area contributed by atoms with Crippen LogP contribution in [-0.4, -0.2) is 24.7 Å². The molecule has 0 aromatic heterocycles. The van der Waals surface area contributed by atoms with Gasteiger partial charge in [0, 0.05) is 11.4 Å². The Bertz CT molecular complexity index is 435. The highest BCUT2D eigenvalue weighted by atomic mass is 32.2. The Morgan fingerprint density at radius 1 is 1.41 bits per heavy atom. The lowest BCUT2D eigenvalue weighted by Gasteiger charge is -2.09. The van der Waals surface area contributed by atoms with Crippen molar-refractivity contribution < 1.29 is 14.3 Å². The number of carbonyl (C=O) groups excluding carboxylic acids is 2. The van der Waals surface area contributed by atoms with Gasteiger partial charge in [-0.3, -0.25) is 4.79 Å². The molecule has 0 atom stereocenters. The van der Waals surface area contributed by atoms with Gasteiger partial charge in [-0.2, -0.15) is 0 Å². The van der Waals surface area contributed by atoms with Crippen LogP contribution < -0.4 is 11.5 Å². The summed E-state index contributed by atoms with van der Waals surface area (Å²) in [6, 6.07) is 5.16. The van der Waals surface area contributed by atoms with Crippen molar-refractivity contribution in [2.75, 3.05) is 18.6 Å². The van der Waals surface area contributed by atoms with Gasteiger partial charge in [-0.25, -0.2) is 4.79 Å². The second-order valence-electron chi connectivity index (χ2n) is 3.33. The van der Waals surface area contributed by atoms with Crippen molar-refractivity contribution in [2.24, 2.45) is 5.73 Å². The van der Waals surface area contributed by atoms with Crippen LogP contribution in [0.1, 0.15) is 15.9 Å². The fourth-order valence-electron chi connectivity index (χ4n) is 1.35. The summed E-state index contributed by atoms with van der Waals surface area (Å²) in [5.41, 5.74) is 12.2. The van der Waals surface area contributed by atoms with E-state index < -0.39 is 11.9 Å². The Balaban J connectivity index is 2.87. The van der Waals surface area contributed by atoms with Gasteiger partial charge in [-0.05, 0) is 11.6 Å². The minimum Gasteiger partial charge on any atom is -0.465 e. The van der Waals surface area contributed by atoms with Crippen LogP contribution in [0.3, 0.4) is 0 Å². The molecule has 0 fully saturated rings. The Labute approximate surface area is 103 Å². The number of nitrogen functional groups attached to an aromatic ring is 1. The molecule has 6 heteroatoms. The van der Waals surface area contributed by atoms with Gasteiger partial charge in [0.2, 0.25) is 5.91 Å². The molecule has 0 radical (unpaired) electrons. The summed E-state index contributed by atoms with van der Waals surface area (Å²) >= 11 is 1.33. The molecule has 0 aliphatic carbocycles. The highest BCUT2D eigenvalue weighted by Gasteiger charge is 2.15. The normalized spacial score (nSPS) is 9.94. The van der Waals surface area contributed by atoms with E-state index in [1.54, 1.807) is 18.2 Å². The summed E-state index contributed by atoms with van der Waals surface area (Å²) in [4.78, 5) is 22.2. The lowest BCUT2D eigenvalue weighted by Crippen LogP contribution is -2.14. The first-order valence-corrected chi connectivity index (χ1v) is 6.03. The number of primary amides is 1. The van der Waals surface area contributed by atoms with E-state index >= 15 is 0 Å². The number of hydrogen-bond acceptors (Lipinski definition) is 5. The van der Waals surface area contributed by atoms with Crippen molar-refractivity contribution in [1.29, 1.82) is 0 Å². The molecule has 5 nitrogen and oxygen atoms in total. The Morgan fingerprint density at radius 2 is 2.12 bits per heavy atom. The number of anilines is 1. The maximum Gasteiger partial charge on any atom is 0.340 e. The number of hydrogen-bond donors (Lipinski definition) is 2. The number of methoxy groups -OCH3 is 1. The molecule has 1 amide bonds. The summed E-state index contributed by atoms with van der Waals surface area (Å²) in [6.45, 7) is 0. The van der Waals surface area contributed by atoms with Crippen LogP contribution in [0, 0.1) is 0 Å². The van der Waals surface area contributed by atoms with E-state index in [1.165, 1.54) is 18.9 Å². The number of carbonyl (C=O) groups is 2. The van der Waals surface area contributed by atoms with E-state index in [9.17, 15) is 9.59 Å². The molecule has 0 bridgehead atoms. The van der Waals surface area contributed by atoms with Crippen molar-refractivity contribution in [2.45, 2.75) is 5.75 Å². The van der Waals surface area contributed by atoms with Gasteiger partial charge in [-0.15, -0.1) is 11.8 Å². The van der Waals surface area contributed by atoms with Crippen LogP contribution in [-0.2, 0) is 15.3 Å². The first-order chi connectivity index (χ1) is 8.06. The molecule has 1 rings (SSSR count). The minimum atomic E-state index is -0.474. The lowest BCUT2D eigenvalue weighted by atomic mass is 10.1. The highest BCUT2D eigenvalue weighted by Crippen LogP contribution is 2.22. The van der Waals surface area contributed by atoms with Crippen LogP contribution in [0.2, 0.25) is 0 Å². The molecule has 1 aromatic rings. The molecule has 92 valence electrons. The predicted molar refractivity (Wildman–Crippen MR) is 67.6 cm³/mol. The molecular formula is C11H14N2O3S. The largest absolute Gasteiger partial charge is 0.465 e. The number of rotatable bonds is 5. The molecule has 4 N–H and O–H groups in total. The van der Waals surface area contributed by atoms with Crippen molar-refractivity contribution in [3.8, 4) is 0 Å². The van der Waals surface area contributed by atoms with Crippen LogP contribution in [0.4, 0.5) is 5.69 Å². The third-order valence-corrected chi connectivity index (χ3v) is 3.08. The summed E-state index contributed by atoms with van der Waals surface area (Å²) < 4.78 is 4.67. The van der Waals surface area contributed by atoms with Crippen LogP contribution in [0.5, 0.6) is 0 Å². The Kier molecular flexibility index (Phi) is 4.84. The number of nitrogens with two attached hydrogens (primary N) is 2. The number of benzene rings is 1. The van der Waals surface area contributed by atoms with Crippen molar-refractivity contribution >= 4 is 29.3 Å². The average molecular weight is 254 g/mol. The smallest absolute Gasteiger partial charge is 0.340 e. The quantitative estimate of drug-likeness (QED) is 0.598. The van der Waals surface area contributed by atoms with E-state index in [-0.39, 0.29) is 5.75 Å². The van der Waals surface area contributed by atoms with Crippen LogP contribution in [0.15, 0.2) is 18.2 Å². The van der Waals surface area contributed by atoms with E-state index in [0.29, 0.717) is 17.0 Å². The van der Waals surface area contributed by atoms with Crippen molar-refractivity contribution in [3.63, 3.8) is 0 Å². The number of esters is 1. The second kappa shape index (κ2) is 6.15. The minimum absolute atomic E-state index is 0.204. The van der Waals surface area contributed by atoms with Gasteiger partial charge >= 0.3 is 5.97 Å². The zero-order chi connectivity index (χ0) is 12.8. The summed E-state index contributed by atoms with van der Waals surface area (Å²) in [5, 5.41) is 0. The molecule has 0 unspecified atom stereocenters.